The molecule has 1 fully saturated rings. The fourth-order valence-electron chi connectivity index (χ4n) is 2.49. The quantitative estimate of drug-likeness (QED) is 0.830. The average Bonchev–Trinajstić information content (AvgIpc) is 2.24. The van der Waals surface area contributed by atoms with Gasteiger partial charge in [0.2, 0.25) is 0 Å². The van der Waals surface area contributed by atoms with Crippen LogP contribution in [-0.4, -0.2) is 22.1 Å². The van der Waals surface area contributed by atoms with Crippen LogP contribution in [0.4, 0.5) is 0 Å². The lowest BCUT2D eigenvalue weighted by Gasteiger charge is -2.38. The molecule has 0 saturated heterocycles. The summed E-state index contributed by atoms with van der Waals surface area (Å²) in [4.78, 5) is 0. The lowest BCUT2D eigenvalue weighted by atomic mass is 9.82. The molecule has 2 unspecified atom stereocenters. The molecular weight excluding hydrogens is 228 g/mol. The van der Waals surface area contributed by atoms with E-state index in [2.05, 4.69) is 39.1 Å². The summed E-state index contributed by atoms with van der Waals surface area (Å²) in [5.74, 6) is 0. The molecule has 1 saturated carbocycles. The summed E-state index contributed by atoms with van der Waals surface area (Å²) in [6.07, 6.45) is 5.56. The Bertz CT molecular complexity index is 277. The molecule has 1 N–H and O–H groups in total. The molecule has 0 aromatic rings. The molecule has 0 aromatic carbocycles. The molecule has 17 heavy (non-hydrogen) atoms. The van der Waals surface area contributed by atoms with E-state index < -0.39 is 0 Å². The Morgan fingerprint density at radius 2 is 2.18 bits per heavy atom. The van der Waals surface area contributed by atoms with Crippen molar-refractivity contribution in [3.63, 3.8) is 0 Å². The number of rotatable bonds is 4. The minimum atomic E-state index is -0.253. The Kier molecular flexibility index (Phi) is 5.34. The molecule has 0 spiro atoms. The maximum atomic E-state index is 9.46. The number of hydrogen-bond donors (Lipinski definition) is 1. The second-order valence-corrected chi connectivity index (χ2v) is 8.20. The second kappa shape index (κ2) is 6.11. The van der Waals surface area contributed by atoms with Crippen molar-refractivity contribution in [2.75, 3.05) is 6.54 Å². The second-order valence-electron chi connectivity index (χ2n) is 6.07. The van der Waals surface area contributed by atoms with Crippen LogP contribution in [0.3, 0.4) is 0 Å². The summed E-state index contributed by atoms with van der Waals surface area (Å²) in [6, 6.07) is 2.54. The molecule has 3 heteroatoms. The highest BCUT2D eigenvalue weighted by Gasteiger charge is 2.37. The Balaban J connectivity index is 2.60. The first-order valence-corrected chi connectivity index (χ1v) is 7.63. The molecule has 1 rings (SSSR count). The minimum Gasteiger partial charge on any atom is -0.299 e. The van der Waals surface area contributed by atoms with Crippen molar-refractivity contribution in [3.8, 4) is 6.07 Å². The Hall–Kier alpha value is -0.200. The lowest BCUT2D eigenvalue weighted by molar-refractivity contribution is 0.304. The van der Waals surface area contributed by atoms with E-state index in [1.165, 1.54) is 12.8 Å². The molecule has 2 nitrogen and oxygen atoms in total. The van der Waals surface area contributed by atoms with Crippen LogP contribution in [0.2, 0.25) is 0 Å². The molecule has 2 atom stereocenters. The predicted molar refractivity (Wildman–Crippen MR) is 76.2 cm³/mol. The fraction of sp³-hybridized carbons (Fsp3) is 0.929. The van der Waals surface area contributed by atoms with E-state index in [-0.39, 0.29) is 5.54 Å². The number of thioether (sulfide) groups is 1. The van der Waals surface area contributed by atoms with E-state index in [0.717, 1.165) is 25.8 Å². The first-order chi connectivity index (χ1) is 7.91. The maximum Gasteiger partial charge on any atom is 0.107 e. The first kappa shape index (κ1) is 14.9. The van der Waals surface area contributed by atoms with Gasteiger partial charge >= 0.3 is 0 Å². The SMILES string of the molecule is CCCNC1(C#N)CCCC(SC(C)(C)C)C1. The van der Waals surface area contributed by atoms with E-state index >= 15 is 0 Å². The summed E-state index contributed by atoms with van der Waals surface area (Å²) in [7, 11) is 0. The zero-order chi connectivity index (χ0) is 12.9. The molecule has 0 bridgehead atoms. The molecule has 98 valence electrons. The summed E-state index contributed by atoms with van der Waals surface area (Å²) in [6.45, 7) is 9.90. The molecule has 0 aromatic heterocycles. The van der Waals surface area contributed by atoms with Gasteiger partial charge in [0.25, 0.3) is 0 Å². The normalized spacial score (nSPS) is 29.9. The summed E-state index contributed by atoms with van der Waals surface area (Å²) >= 11 is 2.04. The lowest BCUT2D eigenvalue weighted by Crippen LogP contribution is -2.49. The zero-order valence-corrected chi connectivity index (χ0v) is 12.5. The number of nitrogens with zero attached hydrogens (tertiary/aromatic N) is 1. The van der Waals surface area contributed by atoms with Crippen molar-refractivity contribution < 1.29 is 0 Å². The van der Waals surface area contributed by atoms with Gasteiger partial charge in [0.05, 0.1) is 6.07 Å². The van der Waals surface area contributed by atoms with Gasteiger partial charge in [-0.15, -0.1) is 0 Å². The van der Waals surface area contributed by atoms with Crippen LogP contribution in [0.15, 0.2) is 0 Å². The van der Waals surface area contributed by atoms with Gasteiger partial charge in [0.15, 0.2) is 0 Å². The molecular formula is C14H26N2S. The van der Waals surface area contributed by atoms with Crippen molar-refractivity contribution >= 4 is 11.8 Å². The van der Waals surface area contributed by atoms with Crippen LogP contribution < -0.4 is 5.32 Å². The van der Waals surface area contributed by atoms with Crippen molar-refractivity contribution in [1.29, 1.82) is 5.26 Å². The summed E-state index contributed by atoms with van der Waals surface area (Å²) < 4.78 is 0.300. The zero-order valence-electron chi connectivity index (χ0n) is 11.7. The third-order valence-electron chi connectivity index (χ3n) is 3.15. The highest BCUT2D eigenvalue weighted by atomic mass is 32.2. The van der Waals surface area contributed by atoms with Crippen LogP contribution in [0.25, 0.3) is 0 Å². The molecule has 0 radical (unpaired) electrons. The third-order valence-corrected chi connectivity index (χ3v) is 4.60. The van der Waals surface area contributed by atoms with Gasteiger partial charge in [-0.1, -0.05) is 27.7 Å². The highest BCUT2D eigenvalue weighted by molar-refractivity contribution is 8.01. The van der Waals surface area contributed by atoms with E-state index in [1.54, 1.807) is 0 Å². The van der Waals surface area contributed by atoms with Crippen molar-refractivity contribution in [3.05, 3.63) is 0 Å². The molecule has 0 aliphatic heterocycles. The Labute approximate surface area is 111 Å². The van der Waals surface area contributed by atoms with Crippen molar-refractivity contribution in [1.82, 2.24) is 5.32 Å². The first-order valence-electron chi connectivity index (χ1n) is 6.75. The molecule has 1 aliphatic carbocycles. The number of nitriles is 1. The van der Waals surface area contributed by atoms with Crippen molar-refractivity contribution in [2.45, 2.75) is 75.3 Å². The van der Waals surface area contributed by atoms with Crippen LogP contribution in [-0.2, 0) is 0 Å². The standard InChI is InChI=1S/C14H26N2S/c1-5-9-16-14(11-15)8-6-7-12(10-14)17-13(2,3)4/h12,16H,5-10H2,1-4H3. The van der Waals surface area contributed by atoms with Gasteiger partial charge in [-0.05, 0) is 38.6 Å². The van der Waals surface area contributed by atoms with Gasteiger partial charge in [0, 0.05) is 10.00 Å². The fourth-order valence-corrected chi connectivity index (χ4v) is 4.14. The van der Waals surface area contributed by atoms with E-state index in [9.17, 15) is 5.26 Å². The van der Waals surface area contributed by atoms with Gasteiger partial charge in [-0.2, -0.15) is 17.0 Å². The minimum absolute atomic E-state index is 0.253. The van der Waals surface area contributed by atoms with E-state index in [4.69, 9.17) is 0 Å². The van der Waals surface area contributed by atoms with Gasteiger partial charge in [-0.25, -0.2) is 0 Å². The van der Waals surface area contributed by atoms with Gasteiger partial charge in [-0.3, -0.25) is 5.32 Å². The number of nitrogens with one attached hydrogen (secondary N) is 1. The van der Waals surface area contributed by atoms with Crippen LogP contribution in [0, 0.1) is 11.3 Å². The largest absolute Gasteiger partial charge is 0.299 e. The van der Waals surface area contributed by atoms with Gasteiger partial charge < -0.3 is 0 Å². The summed E-state index contributed by atoms with van der Waals surface area (Å²) in [5, 5.41) is 13.6. The molecule has 0 heterocycles. The van der Waals surface area contributed by atoms with Crippen LogP contribution >= 0.6 is 11.8 Å². The average molecular weight is 254 g/mol. The van der Waals surface area contributed by atoms with E-state index in [1.807, 2.05) is 11.8 Å². The van der Waals surface area contributed by atoms with Crippen LogP contribution in [0.1, 0.15) is 59.8 Å². The maximum absolute atomic E-state index is 9.46. The van der Waals surface area contributed by atoms with Crippen molar-refractivity contribution in [2.24, 2.45) is 0 Å². The highest BCUT2D eigenvalue weighted by Crippen LogP contribution is 2.40. The smallest absolute Gasteiger partial charge is 0.107 e. The Morgan fingerprint density at radius 3 is 2.71 bits per heavy atom. The molecule has 1 aliphatic rings. The summed E-state index contributed by atoms with van der Waals surface area (Å²) in [5.41, 5.74) is -0.253. The Morgan fingerprint density at radius 1 is 1.47 bits per heavy atom. The number of hydrogen-bond acceptors (Lipinski definition) is 3. The topological polar surface area (TPSA) is 35.8 Å². The van der Waals surface area contributed by atoms with Gasteiger partial charge in [0.1, 0.15) is 5.54 Å². The predicted octanol–water partition coefficient (Wildman–Crippen LogP) is 3.72. The third kappa shape index (κ3) is 4.89. The van der Waals surface area contributed by atoms with Crippen LogP contribution in [0.5, 0.6) is 0 Å². The van der Waals surface area contributed by atoms with E-state index in [0.29, 0.717) is 10.00 Å². The molecule has 0 amide bonds. The monoisotopic (exact) mass is 254 g/mol.